The molecular formula is C16H23ClN2O2. The lowest BCUT2D eigenvalue weighted by atomic mass is 9.64. The van der Waals surface area contributed by atoms with Crippen molar-refractivity contribution < 1.29 is 9.90 Å². The smallest absolute Gasteiger partial charge is 0.230 e. The van der Waals surface area contributed by atoms with Crippen LogP contribution >= 0.6 is 12.4 Å². The first kappa shape index (κ1) is 16.3. The predicted octanol–water partition coefficient (Wildman–Crippen LogP) is 1.23. The van der Waals surface area contributed by atoms with Crippen LogP contribution in [0.3, 0.4) is 0 Å². The Bertz CT molecular complexity index is 476. The Labute approximate surface area is 131 Å². The number of hydrogen-bond donors (Lipinski definition) is 3. The summed E-state index contributed by atoms with van der Waals surface area (Å²) < 4.78 is 0. The number of rotatable bonds is 4. The predicted molar refractivity (Wildman–Crippen MR) is 84.6 cm³/mol. The first-order valence-electron chi connectivity index (χ1n) is 7.45. The second kappa shape index (κ2) is 6.77. The maximum atomic E-state index is 12.6. The van der Waals surface area contributed by atoms with E-state index in [4.69, 9.17) is 0 Å². The van der Waals surface area contributed by atoms with Crippen LogP contribution in [0.2, 0.25) is 0 Å². The summed E-state index contributed by atoms with van der Waals surface area (Å²) in [5.74, 6) is 0.251. The Morgan fingerprint density at radius 3 is 2.52 bits per heavy atom. The molecule has 1 aromatic carbocycles. The topological polar surface area (TPSA) is 61.4 Å². The van der Waals surface area contributed by atoms with Crippen LogP contribution < -0.4 is 10.6 Å². The van der Waals surface area contributed by atoms with Crippen LogP contribution in [-0.2, 0) is 10.2 Å². The van der Waals surface area contributed by atoms with Gasteiger partial charge in [-0.1, -0.05) is 36.8 Å². The molecule has 2 unspecified atom stereocenters. The number of halogens is 1. The van der Waals surface area contributed by atoms with Crippen LogP contribution in [0.4, 0.5) is 0 Å². The zero-order valence-electron chi connectivity index (χ0n) is 12.0. The van der Waals surface area contributed by atoms with Gasteiger partial charge in [0.1, 0.15) is 0 Å². The highest BCUT2D eigenvalue weighted by Gasteiger charge is 2.45. The molecule has 5 heteroatoms. The largest absolute Gasteiger partial charge is 0.391 e. The summed E-state index contributed by atoms with van der Waals surface area (Å²) in [6, 6.07) is 10.1. The van der Waals surface area contributed by atoms with Gasteiger partial charge in [0.25, 0.3) is 0 Å². The van der Waals surface area contributed by atoms with E-state index >= 15 is 0 Å². The highest BCUT2D eigenvalue weighted by atomic mass is 35.5. The van der Waals surface area contributed by atoms with Gasteiger partial charge in [0, 0.05) is 25.6 Å². The molecule has 1 aliphatic heterocycles. The van der Waals surface area contributed by atoms with Crippen LogP contribution in [0.15, 0.2) is 30.3 Å². The maximum absolute atomic E-state index is 12.6. The van der Waals surface area contributed by atoms with Crippen molar-refractivity contribution in [1.82, 2.24) is 10.6 Å². The number of carbonyl (C=O) groups excluding carboxylic acids is 1. The van der Waals surface area contributed by atoms with Crippen LogP contribution in [0.25, 0.3) is 0 Å². The molecule has 4 nitrogen and oxygen atoms in total. The van der Waals surface area contributed by atoms with E-state index in [1.807, 2.05) is 30.3 Å². The number of amides is 1. The van der Waals surface area contributed by atoms with Crippen LogP contribution in [0.5, 0.6) is 0 Å². The van der Waals surface area contributed by atoms with Crippen molar-refractivity contribution in [2.24, 2.45) is 5.92 Å². The van der Waals surface area contributed by atoms with Crippen molar-refractivity contribution >= 4 is 18.3 Å². The summed E-state index contributed by atoms with van der Waals surface area (Å²) in [7, 11) is 0. The van der Waals surface area contributed by atoms with Crippen molar-refractivity contribution in [2.45, 2.75) is 30.8 Å². The number of benzene rings is 1. The molecule has 0 spiro atoms. The summed E-state index contributed by atoms with van der Waals surface area (Å²) in [6.07, 6.45) is 2.61. The fraction of sp³-hybridized carbons (Fsp3) is 0.562. The monoisotopic (exact) mass is 310 g/mol. The van der Waals surface area contributed by atoms with Crippen LogP contribution in [-0.4, -0.2) is 36.8 Å². The number of aliphatic hydroxyl groups excluding tert-OH is 1. The summed E-state index contributed by atoms with van der Waals surface area (Å²) in [5.41, 5.74) is 0.784. The standard InChI is InChI=1S/C16H22N2O2.ClH/c19-14-11-17-9-12(14)10-18-15(20)16(7-4-8-16)13-5-2-1-3-6-13;/h1-3,5-6,12,14,17,19H,4,7-11H2,(H,18,20);1H. The van der Waals surface area contributed by atoms with Gasteiger partial charge in [0.05, 0.1) is 11.5 Å². The number of hydrogen-bond acceptors (Lipinski definition) is 3. The molecule has 1 aromatic rings. The van der Waals surface area contributed by atoms with Crippen molar-refractivity contribution in [3.05, 3.63) is 35.9 Å². The van der Waals surface area contributed by atoms with E-state index in [1.165, 1.54) is 0 Å². The van der Waals surface area contributed by atoms with Crippen molar-refractivity contribution in [3.63, 3.8) is 0 Å². The van der Waals surface area contributed by atoms with Gasteiger partial charge in [0.2, 0.25) is 5.91 Å². The molecule has 0 aromatic heterocycles. The highest BCUT2D eigenvalue weighted by molar-refractivity contribution is 5.89. The maximum Gasteiger partial charge on any atom is 0.230 e. The fourth-order valence-corrected chi connectivity index (χ4v) is 3.25. The van der Waals surface area contributed by atoms with E-state index in [2.05, 4.69) is 10.6 Å². The van der Waals surface area contributed by atoms with Gasteiger partial charge in [0.15, 0.2) is 0 Å². The Morgan fingerprint density at radius 2 is 2.00 bits per heavy atom. The van der Waals surface area contributed by atoms with Gasteiger partial charge < -0.3 is 15.7 Å². The molecule has 1 saturated carbocycles. The lowest BCUT2D eigenvalue weighted by Gasteiger charge is -2.41. The molecule has 21 heavy (non-hydrogen) atoms. The zero-order chi connectivity index (χ0) is 14.0. The molecular weight excluding hydrogens is 288 g/mol. The summed E-state index contributed by atoms with van der Waals surface area (Å²) in [4.78, 5) is 12.6. The number of carbonyl (C=O) groups is 1. The highest BCUT2D eigenvalue weighted by Crippen LogP contribution is 2.43. The molecule has 1 heterocycles. The third-order valence-electron chi connectivity index (χ3n) is 4.80. The van der Waals surface area contributed by atoms with Gasteiger partial charge in [-0.3, -0.25) is 4.79 Å². The minimum atomic E-state index is -0.343. The van der Waals surface area contributed by atoms with Crippen molar-refractivity contribution in [2.75, 3.05) is 19.6 Å². The summed E-state index contributed by atoms with van der Waals surface area (Å²) >= 11 is 0. The van der Waals surface area contributed by atoms with Crippen LogP contribution in [0, 0.1) is 5.92 Å². The third-order valence-corrected chi connectivity index (χ3v) is 4.80. The molecule has 3 N–H and O–H groups in total. The Kier molecular flexibility index (Phi) is 5.25. The van der Waals surface area contributed by atoms with Crippen molar-refractivity contribution in [1.29, 1.82) is 0 Å². The van der Waals surface area contributed by atoms with Gasteiger partial charge in [-0.05, 0) is 18.4 Å². The lowest BCUT2D eigenvalue weighted by molar-refractivity contribution is -0.130. The average molecular weight is 311 g/mol. The van der Waals surface area contributed by atoms with Gasteiger partial charge in [-0.2, -0.15) is 0 Å². The van der Waals surface area contributed by atoms with E-state index in [-0.39, 0.29) is 35.8 Å². The van der Waals surface area contributed by atoms with Crippen LogP contribution in [0.1, 0.15) is 24.8 Å². The second-order valence-corrected chi connectivity index (χ2v) is 6.00. The second-order valence-electron chi connectivity index (χ2n) is 6.00. The van der Waals surface area contributed by atoms with E-state index < -0.39 is 0 Å². The van der Waals surface area contributed by atoms with E-state index in [0.717, 1.165) is 31.4 Å². The SMILES string of the molecule is Cl.O=C(NCC1CNCC1O)C1(c2ccccc2)CCC1. The Balaban J connectivity index is 0.00000161. The molecule has 0 radical (unpaired) electrons. The molecule has 116 valence electrons. The van der Waals surface area contributed by atoms with E-state index in [9.17, 15) is 9.90 Å². The molecule has 2 fully saturated rings. The first-order valence-corrected chi connectivity index (χ1v) is 7.45. The van der Waals surface area contributed by atoms with Gasteiger partial charge >= 0.3 is 0 Å². The molecule has 1 aliphatic carbocycles. The normalized spacial score (nSPS) is 26.5. The van der Waals surface area contributed by atoms with Gasteiger partial charge in [-0.15, -0.1) is 12.4 Å². The van der Waals surface area contributed by atoms with E-state index in [1.54, 1.807) is 0 Å². The minimum absolute atomic E-state index is 0. The van der Waals surface area contributed by atoms with Gasteiger partial charge in [-0.25, -0.2) is 0 Å². The minimum Gasteiger partial charge on any atom is -0.391 e. The summed E-state index contributed by atoms with van der Waals surface area (Å²) in [6.45, 7) is 1.96. The third kappa shape index (κ3) is 3.07. The summed E-state index contributed by atoms with van der Waals surface area (Å²) in [5, 5.41) is 16.0. The first-order chi connectivity index (χ1) is 9.72. The zero-order valence-corrected chi connectivity index (χ0v) is 12.9. The number of β-amino-alcohol motifs (C(OH)–C–C–N with tert-alkyl or cyclic N) is 1. The average Bonchev–Trinajstić information content (AvgIpc) is 2.82. The van der Waals surface area contributed by atoms with Crippen molar-refractivity contribution in [3.8, 4) is 0 Å². The molecule has 0 bridgehead atoms. The number of aliphatic hydroxyl groups is 1. The molecule has 3 rings (SSSR count). The fourth-order valence-electron chi connectivity index (χ4n) is 3.25. The number of nitrogens with one attached hydrogen (secondary N) is 2. The molecule has 1 saturated heterocycles. The molecule has 1 amide bonds. The Morgan fingerprint density at radius 1 is 1.29 bits per heavy atom. The quantitative estimate of drug-likeness (QED) is 0.784. The molecule has 2 atom stereocenters. The lowest BCUT2D eigenvalue weighted by Crippen LogP contribution is -2.50. The molecule has 2 aliphatic rings. The van der Waals surface area contributed by atoms with E-state index in [0.29, 0.717) is 13.1 Å². The Hall–Kier alpha value is -1.10.